The van der Waals surface area contributed by atoms with Gasteiger partial charge in [-0.05, 0) is 68.3 Å². The number of piperazine rings is 1. The van der Waals surface area contributed by atoms with E-state index in [1.165, 1.54) is 4.31 Å². The van der Waals surface area contributed by atoms with Crippen LogP contribution in [0.2, 0.25) is 0 Å². The highest BCUT2D eigenvalue weighted by Crippen LogP contribution is 2.33. The van der Waals surface area contributed by atoms with Gasteiger partial charge in [-0.1, -0.05) is 19.9 Å². The predicted octanol–water partition coefficient (Wildman–Crippen LogP) is 2.60. The van der Waals surface area contributed by atoms with Crippen LogP contribution in [0.1, 0.15) is 33.3 Å². The average Bonchev–Trinajstić information content (AvgIpc) is 2.78. The molecular formula is C24H35BN2O5PS. The maximum atomic E-state index is 12.9. The Balaban J connectivity index is 1.69. The Kier molecular flexibility index (Phi) is 8.49. The van der Waals surface area contributed by atoms with Crippen LogP contribution in [0.15, 0.2) is 47.4 Å². The second-order valence-electron chi connectivity index (χ2n) is 9.77. The maximum absolute atomic E-state index is 12.9. The third-order valence-corrected chi connectivity index (χ3v) is 9.08. The minimum Gasteiger partial charge on any atom is -0.457 e. The van der Waals surface area contributed by atoms with Crippen molar-refractivity contribution in [3.05, 3.63) is 48.0 Å². The minimum atomic E-state index is -3.52. The van der Waals surface area contributed by atoms with Crippen LogP contribution in [0.4, 0.5) is 0 Å². The molecule has 1 atom stereocenters. The molecule has 1 radical (unpaired) electrons. The Morgan fingerprint density at radius 2 is 1.59 bits per heavy atom. The molecule has 1 saturated heterocycles. The van der Waals surface area contributed by atoms with E-state index in [9.17, 15) is 13.5 Å². The molecule has 185 valence electrons. The minimum absolute atomic E-state index is 0.143. The van der Waals surface area contributed by atoms with E-state index >= 15 is 0 Å². The van der Waals surface area contributed by atoms with Crippen molar-refractivity contribution in [2.24, 2.45) is 0 Å². The zero-order chi connectivity index (χ0) is 25.1. The molecule has 10 heteroatoms. The maximum Gasteiger partial charge on any atom is 0.331 e. The monoisotopic (exact) mass is 505 g/mol. The Morgan fingerprint density at radius 3 is 2.15 bits per heavy atom. The lowest BCUT2D eigenvalue weighted by Gasteiger charge is -2.39. The number of ether oxygens (including phenoxy) is 1. The fraction of sp³-hybridized carbons (Fsp3) is 0.500. The molecule has 7 nitrogen and oxygen atoms in total. The summed E-state index contributed by atoms with van der Waals surface area (Å²) in [4.78, 5) is 2.37. The van der Waals surface area contributed by atoms with Gasteiger partial charge in [-0.25, -0.2) is 8.42 Å². The number of sulfonamides is 1. The van der Waals surface area contributed by atoms with E-state index in [-0.39, 0.29) is 16.7 Å². The molecule has 1 heterocycles. The van der Waals surface area contributed by atoms with Crippen LogP contribution >= 0.6 is 9.24 Å². The second kappa shape index (κ2) is 10.6. The molecule has 34 heavy (non-hydrogen) atoms. The summed E-state index contributed by atoms with van der Waals surface area (Å²) in [5, 5.41) is 9.71. The summed E-state index contributed by atoms with van der Waals surface area (Å²) >= 11 is 0. The molecular weight excluding hydrogens is 470 g/mol. The number of nitrogens with zero attached hydrogens (tertiary/aromatic N) is 2. The molecule has 1 fully saturated rings. The summed E-state index contributed by atoms with van der Waals surface area (Å²) in [6.07, 6.45) is 0. The third kappa shape index (κ3) is 6.39. The summed E-state index contributed by atoms with van der Waals surface area (Å²) in [5.41, 5.74) is 1.01. The van der Waals surface area contributed by atoms with Crippen molar-refractivity contribution in [1.82, 2.24) is 9.21 Å². The molecule has 0 spiro atoms. The van der Waals surface area contributed by atoms with Crippen molar-refractivity contribution in [1.29, 1.82) is 0 Å². The molecule has 1 N–H and O–H groups in total. The van der Waals surface area contributed by atoms with Crippen LogP contribution in [-0.4, -0.2) is 74.2 Å². The second-order valence-corrected chi connectivity index (χ2v) is 13.1. The van der Waals surface area contributed by atoms with Crippen molar-refractivity contribution in [3.8, 4) is 11.5 Å². The van der Waals surface area contributed by atoms with Crippen molar-refractivity contribution >= 4 is 32.2 Å². The molecule has 3 rings (SSSR count). The van der Waals surface area contributed by atoms with Crippen LogP contribution in [0, 0.1) is 0 Å². The molecule has 2 aromatic rings. The SMILES string of the molecule is CN1CCN(S(=O)(=O)c2ccc(Oc3ccc([B]OC(C)(C)C(C)(C)P)c(CO)c3)cc2)CC1. The number of hydrogen-bond acceptors (Lipinski definition) is 6. The van der Waals surface area contributed by atoms with E-state index in [1.807, 2.05) is 27.0 Å². The standard InChI is InChI=1S/C24H35BN2O5PS/c1-23(2,24(3,4)33)32-25-22-11-8-20(16-18(22)17-28)31-19-6-9-21(10-7-19)34(29,30)27-14-12-26(5)13-15-27/h6-11,16,28H,12-15,17,33H2,1-5H3. The van der Waals surface area contributed by atoms with Crippen molar-refractivity contribution in [2.45, 2.75) is 50.0 Å². The molecule has 1 aliphatic rings. The normalized spacial score (nSPS) is 16.4. The number of benzene rings is 2. The van der Waals surface area contributed by atoms with Crippen LogP contribution in [-0.2, 0) is 21.3 Å². The summed E-state index contributed by atoms with van der Waals surface area (Å²) < 4.78 is 39.3. The lowest BCUT2D eigenvalue weighted by Crippen LogP contribution is -2.46. The molecule has 1 unspecified atom stereocenters. The van der Waals surface area contributed by atoms with Gasteiger partial charge in [-0.15, -0.1) is 9.24 Å². The van der Waals surface area contributed by atoms with Gasteiger partial charge in [-0.2, -0.15) is 4.31 Å². The van der Waals surface area contributed by atoms with Gasteiger partial charge in [0.2, 0.25) is 10.0 Å². The molecule has 0 amide bonds. The topological polar surface area (TPSA) is 79.3 Å². The largest absolute Gasteiger partial charge is 0.457 e. The lowest BCUT2D eigenvalue weighted by molar-refractivity contribution is 0.0840. The van der Waals surface area contributed by atoms with E-state index in [0.29, 0.717) is 30.2 Å². The average molecular weight is 505 g/mol. The summed E-state index contributed by atoms with van der Waals surface area (Å²) in [7, 11) is 2.93. The highest BCUT2D eigenvalue weighted by Gasteiger charge is 2.34. The van der Waals surface area contributed by atoms with Gasteiger partial charge in [0.25, 0.3) is 0 Å². The van der Waals surface area contributed by atoms with Crippen LogP contribution in [0.25, 0.3) is 0 Å². The van der Waals surface area contributed by atoms with Crippen LogP contribution in [0.3, 0.4) is 0 Å². The Bertz CT molecular complexity index is 1080. The first-order valence-corrected chi connectivity index (χ1v) is 13.4. The first kappa shape index (κ1) is 27.1. The van der Waals surface area contributed by atoms with Gasteiger partial charge in [0.15, 0.2) is 0 Å². The smallest absolute Gasteiger partial charge is 0.331 e. The molecule has 2 aromatic carbocycles. The molecule has 0 aromatic heterocycles. The molecule has 1 aliphatic heterocycles. The molecule has 0 aliphatic carbocycles. The quantitative estimate of drug-likeness (QED) is 0.417. The summed E-state index contributed by atoms with van der Waals surface area (Å²) in [6, 6.07) is 11.8. The van der Waals surface area contributed by atoms with Gasteiger partial charge in [0.05, 0.1) is 17.1 Å². The van der Waals surface area contributed by atoms with E-state index in [2.05, 4.69) is 28.0 Å². The van der Waals surface area contributed by atoms with Crippen molar-refractivity contribution in [3.63, 3.8) is 0 Å². The summed E-state index contributed by atoms with van der Waals surface area (Å²) in [6.45, 7) is 10.4. The first-order chi connectivity index (χ1) is 15.8. The Morgan fingerprint density at radius 1 is 1.00 bits per heavy atom. The third-order valence-electron chi connectivity index (χ3n) is 6.48. The van der Waals surface area contributed by atoms with E-state index in [4.69, 9.17) is 9.39 Å². The van der Waals surface area contributed by atoms with Gasteiger partial charge in [0, 0.05) is 31.3 Å². The molecule has 0 saturated carbocycles. The van der Waals surface area contributed by atoms with E-state index in [1.54, 1.807) is 43.9 Å². The van der Waals surface area contributed by atoms with Crippen molar-refractivity contribution < 1.29 is 22.9 Å². The number of rotatable bonds is 9. The zero-order valence-electron chi connectivity index (χ0n) is 20.6. The first-order valence-electron chi connectivity index (χ1n) is 11.3. The lowest BCUT2D eigenvalue weighted by atomic mass is 9.81. The van der Waals surface area contributed by atoms with Gasteiger partial charge in [0.1, 0.15) is 11.5 Å². The van der Waals surface area contributed by atoms with Gasteiger partial charge in [-0.3, -0.25) is 0 Å². The fourth-order valence-corrected chi connectivity index (χ4v) is 4.74. The fourth-order valence-electron chi connectivity index (χ4n) is 3.25. The number of hydrogen-bond donors (Lipinski definition) is 1. The highest BCUT2D eigenvalue weighted by molar-refractivity contribution is 7.89. The zero-order valence-corrected chi connectivity index (χ0v) is 22.6. The number of likely N-dealkylation sites (N-methyl/N-ethyl adjacent to an activating group) is 1. The summed E-state index contributed by atoms with van der Waals surface area (Å²) in [5.74, 6) is 1.06. The molecule has 0 bridgehead atoms. The van der Waals surface area contributed by atoms with Gasteiger partial charge >= 0.3 is 7.48 Å². The highest BCUT2D eigenvalue weighted by atomic mass is 32.2. The van der Waals surface area contributed by atoms with E-state index in [0.717, 1.165) is 18.6 Å². The Labute approximate surface area is 207 Å². The van der Waals surface area contributed by atoms with Crippen molar-refractivity contribution in [2.75, 3.05) is 33.2 Å². The number of aliphatic hydroxyl groups excluding tert-OH is 1. The predicted molar refractivity (Wildman–Crippen MR) is 139 cm³/mol. The van der Waals surface area contributed by atoms with Crippen LogP contribution in [0.5, 0.6) is 11.5 Å². The van der Waals surface area contributed by atoms with E-state index < -0.39 is 15.6 Å². The Hall–Kier alpha value is -1.48. The van der Waals surface area contributed by atoms with Gasteiger partial charge < -0.3 is 19.4 Å². The van der Waals surface area contributed by atoms with Crippen LogP contribution < -0.4 is 10.2 Å². The number of aliphatic hydroxyl groups is 1.